The number of amides is 1. The first kappa shape index (κ1) is 21.6. The summed E-state index contributed by atoms with van der Waals surface area (Å²) in [4.78, 5) is 24.3. The van der Waals surface area contributed by atoms with Crippen LogP contribution in [-0.4, -0.2) is 22.0 Å². The fourth-order valence-corrected chi connectivity index (χ4v) is 4.25. The molecule has 4 rings (SSSR count). The number of carbonyl (C=O) groups excluding carboxylic acids is 1. The Kier molecular flexibility index (Phi) is 6.56. The Bertz CT molecular complexity index is 1040. The van der Waals surface area contributed by atoms with Crippen molar-refractivity contribution in [3.63, 3.8) is 0 Å². The van der Waals surface area contributed by atoms with Crippen molar-refractivity contribution >= 4 is 17.6 Å². The van der Waals surface area contributed by atoms with Crippen molar-refractivity contribution in [2.75, 3.05) is 0 Å². The van der Waals surface area contributed by atoms with Gasteiger partial charge in [0.05, 0.1) is 12.1 Å². The molecular formula is C25H27N3O4. The number of benzene rings is 2. The maximum atomic E-state index is 13.3. The second-order valence-electron chi connectivity index (χ2n) is 8.05. The molecule has 0 radical (unpaired) electrons. The number of hydrazine groups is 1. The highest BCUT2D eigenvalue weighted by atomic mass is 16.5. The van der Waals surface area contributed by atoms with E-state index in [9.17, 15) is 9.59 Å². The topological polar surface area (TPSA) is 105 Å². The zero-order chi connectivity index (χ0) is 22.5. The minimum atomic E-state index is -0.994. The molecule has 1 aliphatic heterocycles. The van der Waals surface area contributed by atoms with Gasteiger partial charge in [0.15, 0.2) is 0 Å². The van der Waals surface area contributed by atoms with Crippen LogP contribution >= 0.6 is 0 Å². The Hall–Kier alpha value is -3.58. The van der Waals surface area contributed by atoms with E-state index in [-0.39, 0.29) is 24.1 Å². The van der Waals surface area contributed by atoms with Crippen molar-refractivity contribution in [1.29, 1.82) is 0 Å². The van der Waals surface area contributed by atoms with Crippen LogP contribution in [0.25, 0.3) is 5.70 Å². The number of rotatable bonds is 6. The zero-order valence-corrected chi connectivity index (χ0v) is 17.8. The third-order valence-electron chi connectivity index (χ3n) is 5.84. The summed E-state index contributed by atoms with van der Waals surface area (Å²) in [6.45, 7) is 0. The molecule has 0 aromatic heterocycles. The summed E-state index contributed by atoms with van der Waals surface area (Å²) in [6.07, 6.45) is 6.37. The molecule has 0 unspecified atom stereocenters. The summed E-state index contributed by atoms with van der Waals surface area (Å²) in [5, 5.41) is 13.3. The van der Waals surface area contributed by atoms with Crippen molar-refractivity contribution < 1.29 is 19.4 Å². The molecule has 4 N–H and O–H groups in total. The predicted octanol–water partition coefficient (Wildman–Crippen LogP) is 4.39. The van der Waals surface area contributed by atoms with Crippen LogP contribution in [0.2, 0.25) is 0 Å². The fourth-order valence-electron chi connectivity index (χ4n) is 4.25. The standard InChI is InChI=1S/C25H27N3O4/c26-28-21(15-16-22(29)30)27-24(23(25(28)31)17-7-3-1-4-8-17)18-11-13-20(14-12-18)32-19-9-5-2-6-10-19/h2,5-6,9-15,17,27H,1,3-4,7-8,16,26H2,(H,29,30)/b21-15-. The van der Waals surface area contributed by atoms with Gasteiger partial charge in [0.2, 0.25) is 0 Å². The summed E-state index contributed by atoms with van der Waals surface area (Å²) in [6, 6.07) is 17.0. The lowest BCUT2D eigenvalue weighted by atomic mass is 9.81. The highest BCUT2D eigenvalue weighted by Gasteiger charge is 2.34. The van der Waals surface area contributed by atoms with Gasteiger partial charge in [-0.3, -0.25) is 9.59 Å². The number of hydrogen-bond donors (Lipinski definition) is 3. The SMILES string of the molecule is NN1C(=O)C(C2CCCCC2)=C(c2ccc(Oc3ccccc3)cc2)N/C1=C/CC(=O)O. The van der Waals surface area contributed by atoms with Gasteiger partial charge in [0, 0.05) is 5.57 Å². The van der Waals surface area contributed by atoms with Crippen LogP contribution < -0.4 is 15.9 Å². The van der Waals surface area contributed by atoms with Crippen LogP contribution in [-0.2, 0) is 9.59 Å². The highest BCUT2D eigenvalue weighted by molar-refractivity contribution is 6.04. The molecule has 1 aliphatic carbocycles. The maximum absolute atomic E-state index is 13.3. The molecule has 0 spiro atoms. The third-order valence-corrected chi connectivity index (χ3v) is 5.84. The van der Waals surface area contributed by atoms with Gasteiger partial charge in [0.25, 0.3) is 5.91 Å². The number of carboxylic acids is 1. The van der Waals surface area contributed by atoms with Crippen molar-refractivity contribution in [3.05, 3.63) is 77.6 Å². The molecule has 1 amide bonds. The summed E-state index contributed by atoms with van der Waals surface area (Å²) in [5.41, 5.74) is 2.18. The van der Waals surface area contributed by atoms with Crippen molar-refractivity contribution in [2.45, 2.75) is 38.5 Å². The molecule has 0 bridgehead atoms. The number of carboxylic acid groups (broad SMARTS) is 1. The molecule has 0 saturated heterocycles. The molecule has 2 aromatic carbocycles. The maximum Gasteiger partial charge on any atom is 0.307 e. The first-order chi connectivity index (χ1) is 15.5. The molecule has 7 nitrogen and oxygen atoms in total. The number of hydrogen-bond acceptors (Lipinski definition) is 5. The number of carbonyl (C=O) groups is 2. The summed E-state index contributed by atoms with van der Waals surface area (Å²) in [7, 11) is 0. The van der Waals surface area contributed by atoms with Gasteiger partial charge in [-0.2, -0.15) is 0 Å². The number of nitrogens with one attached hydrogen (secondary N) is 1. The fraction of sp³-hybridized carbons (Fsp3) is 0.280. The number of ether oxygens (including phenoxy) is 1. The van der Waals surface area contributed by atoms with Gasteiger partial charge in [-0.1, -0.05) is 37.5 Å². The minimum Gasteiger partial charge on any atom is -0.481 e. The number of nitrogens with zero attached hydrogens (tertiary/aromatic N) is 1. The Morgan fingerprint density at radius 1 is 1.06 bits per heavy atom. The lowest BCUT2D eigenvalue weighted by Gasteiger charge is -2.35. The molecule has 2 aromatic rings. The zero-order valence-electron chi connectivity index (χ0n) is 17.8. The van der Waals surface area contributed by atoms with E-state index in [1.165, 1.54) is 12.5 Å². The molecule has 1 heterocycles. The summed E-state index contributed by atoms with van der Waals surface area (Å²) < 4.78 is 5.88. The van der Waals surface area contributed by atoms with E-state index < -0.39 is 5.97 Å². The number of nitrogens with two attached hydrogens (primary N) is 1. The Morgan fingerprint density at radius 2 is 1.72 bits per heavy atom. The Morgan fingerprint density at radius 3 is 2.38 bits per heavy atom. The smallest absolute Gasteiger partial charge is 0.307 e. The molecule has 2 aliphatic rings. The van der Waals surface area contributed by atoms with Gasteiger partial charge in [-0.05, 0) is 66.8 Å². The van der Waals surface area contributed by atoms with Crippen molar-refractivity contribution in [2.24, 2.45) is 11.8 Å². The van der Waals surface area contributed by atoms with Gasteiger partial charge >= 0.3 is 5.97 Å². The minimum absolute atomic E-state index is 0.117. The number of aliphatic carboxylic acids is 1. The second-order valence-corrected chi connectivity index (χ2v) is 8.05. The van der Waals surface area contributed by atoms with E-state index in [4.69, 9.17) is 15.7 Å². The van der Waals surface area contributed by atoms with Gasteiger partial charge in [0.1, 0.15) is 17.3 Å². The number of para-hydroxylation sites is 1. The van der Waals surface area contributed by atoms with E-state index in [1.807, 2.05) is 54.6 Å². The molecule has 32 heavy (non-hydrogen) atoms. The van der Waals surface area contributed by atoms with E-state index in [1.54, 1.807) is 0 Å². The molecule has 7 heteroatoms. The van der Waals surface area contributed by atoms with E-state index >= 15 is 0 Å². The van der Waals surface area contributed by atoms with Crippen LogP contribution in [0.15, 0.2) is 72.1 Å². The predicted molar refractivity (Wildman–Crippen MR) is 121 cm³/mol. The third kappa shape index (κ3) is 4.84. The van der Waals surface area contributed by atoms with Gasteiger partial charge < -0.3 is 15.2 Å². The largest absolute Gasteiger partial charge is 0.481 e. The summed E-state index contributed by atoms with van der Waals surface area (Å²) >= 11 is 0. The van der Waals surface area contributed by atoms with Gasteiger partial charge in [-0.15, -0.1) is 0 Å². The molecule has 166 valence electrons. The van der Waals surface area contributed by atoms with Gasteiger partial charge in [-0.25, -0.2) is 10.9 Å². The Balaban J connectivity index is 1.68. The molecule has 1 saturated carbocycles. The van der Waals surface area contributed by atoms with Crippen LogP contribution in [0.3, 0.4) is 0 Å². The van der Waals surface area contributed by atoms with Crippen molar-refractivity contribution in [1.82, 2.24) is 10.3 Å². The lowest BCUT2D eigenvalue weighted by Crippen LogP contribution is -2.48. The van der Waals surface area contributed by atoms with E-state index in [0.717, 1.165) is 42.0 Å². The van der Waals surface area contributed by atoms with Crippen LogP contribution in [0.4, 0.5) is 0 Å². The Labute approximate surface area is 187 Å². The average molecular weight is 434 g/mol. The van der Waals surface area contributed by atoms with E-state index in [0.29, 0.717) is 17.0 Å². The first-order valence-corrected chi connectivity index (χ1v) is 10.9. The summed E-state index contributed by atoms with van der Waals surface area (Å²) in [5.74, 6) is 6.60. The molecular weight excluding hydrogens is 406 g/mol. The average Bonchev–Trinajstić information content (AvgIpc) is 2.81. The monoisotopic (exact) mass is 433 g/mol. The van der Waals surface area contributed by atoms with Crippen LogP contribution in [0, 0.1) is 5.92 Å². The van der Waals surface area contributed by atoms with Crippen LogP contribution in [0.5, 0.6) is 11.5 Å². The van der Waals surface area contributed by atoms with Crippen molar-refractivity contribution in [3.8, 4) is 11.5 Å². The second kappa shape index (κ2) is 9.70. The molecule has 0 atom stereocenters. The first-order valence-electron chi connectivity index (χ1n) is 10.9. The molecule has 1 fully saturated rings. The lowest BCUT2D eigenvalue weighted by molar-refractivity contribution is -0.136. The normalized spacial score (nSPS) is 18.6. The highest BCUT2D eigenvalue weighted by Crippen LogP contribution is 2.37. The van der Waals surface area contributed by atoms with E-state index in [2.05, 4.69) is 5.32 Å². The van der Waals surface area contributed by atoms with Crippen LogP contribution in [0.1, 0.15) is 44.1 Å². The quantitative estimate of drug-likeness (QED) is 0.461.